The molecule has 0 aliphatic carbocycles. The van der Waals surface area contributed by atoms with Crippen LogP contribution in [0.15, 0.2) is 72.3 Å². The monoisotopic (exact) mass is 1300 g/mol. The van der Waals surface area contributed by atoms with E-state index in [1.807, 2.05) is 6.08 Å². The van der Waals surface area contributed by atoms with Crippen molar-refractivity contribution in [3.63, 3.8) is 0 Å². The molecule has 0 N–H and O–H groups in total. The fourth-order valence-corrected chi connectivity index (χ4v) is 12.9. The van der Waals surface area contributed by atoms with Gasteiger partial charge in [0, 0.05) is 0 Å². The minimum atomic E-state index is 0. The van der Waals surface area contributed by atoms with Gasteiger partial charge in [0.15, 0.2) is 0 Å². The van der Waals surface area contributed by atoms with Crippen molar-refractivity contribution in [2.75, 3.05) is 0 Å². The molecule has 0 radical (unpaired) electrons. The molecular weight excluding hydrogens is 1140 g/mol. The molecule has 2 aromatic carbocycles. The first kappa shape index (κ1) is 90.6. The Morgan fingerprint density at radius 1 is 0.341 bits per heavy atom. The number of rotatable bonds is 65. The van der Waals surface area contributed by atoms with E-state index in [0.29, 0.717) is 0 Å². The Morgan fingerprint density at radius 2 is 0.626 bits per heavy atom. The number of benzene rings is 2. The van der Waals surface area contributed by atoms with Crippen molar-refractivity contribution in [2.45, 2.75) is 439 Å². The molecule has 0 aromatic heterocycles. The van der Waals surface area contributed by atoms with Gasteiger partial charge in [-0.25, -0.2) is 0 Å². The van der Waals surface area contributed by atoms with E-state index in [1.54, 1.807) is 0 Å². The zero-order valence-electron chi connectivity index (χ0n) is 62.0. The van der Waals surface area contributed by atoms with Gasteiger partial charge in [0.1, 0.15) is 0 Å². The second-order valence-electron chi connectivity index (χ2n) is 27.7. The van der Waals surface area contributed by atoms with Gasteiger partial charge in [-0.3, -0.25) is 0 Å². The summed E-state index contributed by atoms with van der Waals surface area (Å²) in [4.78, 5) is 3.31. The Kier molecular flexibility index (Phi) is 78.0. The van der Waals surface area contributed by atoms with Crippen molar-refractivity contribution in [3.8, 4) is 0 Å². The number of unbranched alkanes of at least 4 members (excludes halogenated alkanes) is 56. The third-order valence-electron chi connectivity index (χ3n) is 18.9. The molecule has 0 fully saturated rings. The van der Waals surface area contributed by atoms with Crippen LogP contribution in [-0.2, 0) is 29.3 Å². The van der Waals surface area contributed by atoms with Gasteiger partial charge >= 0.3 is 16.5 Å². The zero-order valence-corrected chi connectivity index (χ0v) is 63.0. The summed E-state index contributed by atoms with van der Waals surface area (Å²) < 4.78 is 0. The molecule has 0 saturated carbocycles. The fourth-order valence-electron chi connectivity index (χ4n) is 12.9. The van der Waals surface area contributed by atoms with Crippen LogP contribution in [0.4, 0.5) is 0 Å². The van der Waals surface area contributed by atoms with Gasteiger partial charge in [-0.2, -0.15) is 12.8 Å². The van der Waals surface area contributed by atoms with Gasteiger partial charge < -0.3 is 19.4 Å². The van der Waals surface area contributed by atoms with Crippen LogP contribution in [-0.4, -0.2) is 10.7 Å². The molecule has 0 saturated heterocycles. The van der Waals surface area contributed by atoms with Gasteiger partial charge in [0.25, 0.3) is 5.87 Å². The Hall–Kier alpha value is -2.43. The summed E-state index contributed by atoms with van der Waals surface area (Å²) in [6.45, 7) is 19.0. The smallest absolute Gasteiger partial charge is 0.348 e. The third-order valence-corrected chi connectivity index (χ3v) is 18.9. The Balaban J connectivity index is 0. The van der Waals surface area contributed by atoms with Crippen LogP contribution in [0.2, 0.25) is 0 Å². The minimum absolute atomic E-state index is 0. The molecule has 0 aliphatic rings. The van der Waals surface area contributed by atoms with E-state index in [1.165, 1.54) is 400 Å². The summed E-state index contributed by atoms with van der Waals surface area (Å²) in [6, 6.07) is 18.6. The van der Waals surface area contributed by atoms with Crippen LogP contribution in [0.3, 0.4) is 0 Å². The molecule has 2 rings (SSSR count). The average Bonchev–Trinajstić information content (AvgIpc) is 1.50. The number of hydrogen-bond donors (Lipinski definition) is 0. The van der Waals surface area contributed by atoms with Gasteiger partial charge in [-0.05, 0) is 71.9 Å². The van der Waals surface area contributed by atoms with Crippen molar-refractivity contribution >= 4 is 11.4 Å². The Bertz CT molecular complexity index is 1840. The zero-order chi connectivity index (χ0) is 65.2. The predicted molar refractivity (Wildman–Crippen MR) is 409 cm³/mol. The summed E-state index contributed by atoms with van der Waals surface area (Å²) >= 11 is 0. The minimum Gasteiger partial charge on any atom is -0.348 e. The third kappa shape index (κ3) is 64.7. The molecule has 0 spiro atoms. The first-order chi connectivity index (χ1) is 44.6. The molecule has 3 heteroatoms. The van der Waals surface area contributed by atoms with Crippen LogP contribution in [0.5, 0.6) is 0 Å². The first-order valence-corrected chi connectivity index (χ1v) is 40.7. The van der Waals surface area contributed by atoms with Crippen LogP contribution >= 0.6 is 0 Å². The standard InChI is InChI=1S/C70H118N2.2C9H19.Ni/c1-4-7-10-13-16-18-20-22-24-25-26-27-28-29-30-31-32-33-34-35-36-37-39-41-43-45-48-51-56-67(62-63-72-71)70(69-57-52-55-66(64-69)54-50-46-15-12-9-6-3)68-60-58-65(59-61-68)53-49-47-44-42-40-38-23-21-19-17-14-11-8-5-2;2*1-3-5-7-9-8-6-4-2;/h51-52,55-62,64H,4-50,53-54H2,1-3H3;2*1,3-9H2,2H3;/q;2*-1;+2. The van der Waals surface area contributed by atoms with E-state index in [4.69, 9.17) is 0 Å². The van der Waals surface area contributed by atoms with Crippen molar-refractivity contribution in [1.82, 2.24) is 0 Å². The Labute approximate surface area is 582 Å². The van der Waals surface area contributed by atoms with Gasteiger partial charge in [-0.1, -0.05) is 448 Å². The van der Waals surface area contributed by atoms with Crippen molar-refractivity contribution in [3.05, 3.63) is 114 Å². The number of aryl methyl sites for hydroxylation is 2. The maximum absolute atomic E-state index is 9.53. The molecular formula is C88H156N2Ni. The van der Waals surface area contributed by atoms with E-state index in [-0.39, 0.29) is 16.5 Å². The van der Waals surface area contributed by atoms with Crippen LogP contribution in [0, 0.1) is 13.8 Å². The average molecular weight is 1300 g/mol. The molecule has 0 atom stereocenters. The molecule has 0 aliphatic heterocycles. The van der Waals surface area contributed by atoms with Gasteiger partial charge in [0.05, 0.1) is 6.08 Å². The number of nitrogens with zero attached hydrogens (tertiary/aromatic N) is 2. The molecule has 0 unspecified atom stereocenters. The summed E-state index contributed by atoms with van der Waals surface area (Å²) in [5.74, 6) is 2.79. The summed E-state index contributed by atoms with van der Waals surface area (Å²) in [5, 5.41) is 0. The molecule has 0 bridgehead atoms. The van der Waals surface area contributed by atoms with Crippen LogP contribution in [0.25, 0.3) is 11.1 Å². The van der Waals surface area contributed by atoms with E-state index in [2.05, 4.69) is 120 Å². The number of hydrogen-bond acceptors (Lipinski definition) is 0. The van der Waals surface area contributed by atoms with Crippen molar-refractivity contribution in [1.29, 1.82) is 0 Å². The van der Waals surface area contributed by atoms with Gasteiger partial charge in [-0.15, -0.1) is 4.79 Å². The summed E-state index contributed by atoms with van der Waals surface area (Å²) in [5.41, 5.74) is 17.1. The molecule has 0 amide bonds. The van der Waals surface area contributed by atoms with Crippen LogP contribution in [0.1, 0.15) is 449 Å². The normalized spacial score (nSPS) is 11.4. The van der Waals surface area contributed by atoms with Crippen molar-refractivity contribution in [2.24, 2.45) is 0 Å². The van der Waals surface area contributed by atoms with E-state index in [9.17, 15) is 5.53 Å². The summed E-state index contributed by atoms with van der Waals surface area (Å²) in [6.07, 6.45) is 93.2. The second kappa shape index (κ2) is 78.3. The molecule has 528 valence electrons. The topological polar surface area (TPSA) is 36.4 Å². The molecule has 2 nitrogen and oxygen atoms in total. The maximum atomic E-state index is 9.53. The first-order valence-electron chi connectivity index (χ1n) is 40.7. The molecule has 91 heavy (non-hydrogen) atoms. The fraction of sp³-hybridized carbons (Fsp3) is 0.773. The van der Waals surface area contributed by atoms with Gasteiger partial charge in [0.2, 0.25) is 0 Å². The van der Waals surface area contributed by atoms with E-state index < -0.39 is 0 Å². The molecule has 2 aromatic rings. The SMILES string of the molecule is CCCCCCCCCCCCCCCCCCCCCCCCCCCCC=CC(C=C=[N+]=[N-])=C(c1ccc(CCCCCCCCCCCCCCCC)cc1)c1cccc(CCCCCCCC)c1.[CH2-]CCCCCCCC.[CH2-]CCCCCCCC.[Ni+2]. The second-order valence-corrected chi connectivity index (χ2v) is 27.7. The Morgan fingerprint density at radius 3 is 0.934 bits per heavy atom. The maximum Gasteiger partial charge on any atom is 2.00 e. The quantitative estimate of drug-likeness (QED) is 0.0120. The van der Waals surface area contributed by atoms with Crippen LogP contribution < -0.4 is 0 Å². The van der Waals surface area contributed by atoms with Crippen molar-refractivity contribution < 1.29 is 21.3 Å². The van der Waals surface area contributed by atoms with E-state index >= 15 is 0 Å². The molecule has 0 heterocycles. The van der Waals surface area contributed by atoms with E-state index in [0.717, 1.165) is 37.7 Å². The predicted octanol–water partition coefficient (Wildman–Crippen LogP) is 31.1. The number of allylic oxidation sites excluding steroid dienone is 4. The summed E-state index contributed by atoms with van der Waals surface area (Å²) in [7, 11) is 0. The largest absolute Gasteiger partial charge is 2.00 e.